The molecule has 1 unspecified atom stereocenters. The summed E-state index contributed by atoms with van der Waals surface area (Å²) in [5.41, 5.74) is -0.0828. The molecule has 86 valence electrons. The first-order valence-electron chi connectivity index (χ1n) is 5.41. The van der Waals surface area contributed by atoms with Crippen molar-refractivity contribution in [3.63, 3.8) is 0 Å². The Kier molecular flexibility index (Phi) is 4.60. The van der Waals surface area contributed by atoms with Crippen molar-refractivity contribution in [3.8, 4) is 0 Å². The van der Waals surface area contributed by atoms with E-state index in [4.69, 9.17) is 0 Å². The summed E-state index contributed by atoms with van der Waals surface area (Å²) < 4.78 is 0. The highest BCUT2D eigenvalue weighted by Gasteiger charge is 2.29. The van der Waals surface area contributed by atoms with E-state index in [0.717, 1.165) is 12.8 Å². The molecule has 2 nitrogen and oxygen atoms in total. The maximum absolute atomic E-state index is 9.18. The molecule has 0 amide bonds. The third kappa shape index (κ3) is 5.61. The van der Waals surface area contributed by atoms with E-state index in [2.05, 4.69) is 27.7 Å². The first-order valence-corrected chi connectivity index (χ1v) is 5.41. The van der Waals surface area contributed by atoms with E-state index in [-0.39, 0.29) is 0 Å². The van der Waals surface area contributed by atoms with Gasteiger partial charge in [-0.25, -0.2) is 0 Å². The summed E-state index contributed by atoms with van der Waals surface area (Å²) in [6.45, 7) is 12.6. The normalized spacial score (nSPS) is 16.1. The Morgan fingerprint density at radius 2 is 1.36 bits per heavy atom. The Bertz CT molecular complexity index is 166. The fourth-order valence-corrected chi connectivity index (χ4v) is 2.12. The summed E-state index contributed by atoms with van der Waals surface area (Å²) in [6.07, 6.45) is 0.746. The summed E-state index contributed by atoms with van der Waals surface area (Å²) in [6, 6.07) is 0. The van der Waals surface area contributed by atoms with Crippen LogP contribution in [-0.2, 0) is 0 Å². The van der Waals surface area contributed by atoms with Crippen LogP contribution in [0, 0.1) is 16.7 Å². The van der Waals surface area contributed by atoms with E-state index in [0.29, 0.717) is 11.3 Å². The van der Waals surface area contributed by atoms with Gasteiger partial charge >= 0.3 is 0 Å². The molecule has 0 bridgehead atoms. The van der Waals surface area contributed by atoms with Crippen molar-refractivity contribution >= 4 is 0 Å². The zero-order valence-corrected chi connectivity index (χ0v) is 10.5. The molecule has 0 aliphatic carbocycles. The van der Waals surface area contributed by atoms with Gasteiger partial charge in [-0.3, -0.25) is 0 Å². The van der Waals surface area contributed by atoms with Crippen molar-refractivity contribution in [2.45, 2.75) is 60.7 Å². The number of hydrogen-bond donors (Lipinski definition) is 2. The minimum Gasteiger partial charge on any atom is -0.368 e. The van der Waals surface area contributed by atoms with E-state index in [1.807, 2.05) is 13.8 Å². The Morgan fingerprint density at radius 3 is 1.64 bits per heavy atom. The van der Waals surface area contributed by atoms with Gasteiger partial charge in [-0.05, 0) is 24.2 Å². The monoisotopic (exact) mass is 202 g/mol. The van der Waals surface area contributed by atoms with Crippen LogP contribution in [0.1, 0.15) is 54.4 Å². The van der Waals surface area contributed by atoms with Gasteiger partial charge in [0.2, 0.25) is 0 Å². The molecule has 0 aromatic rings. The van der Waals surface area contributed by atoms with Gasteiger partial charge in [-0.1, -0.05) is 41.5 Å². The second kappa shape index (κ2) is 4.63. The molecule has 0 aromatic carbocycles. The van der Waals surface area contributed by atoms with Crippen LogP contribution in [0.5, 0.6) is 0 Å². The lowest BCUT2D eigenvalue weighted by Crippen LogP contribution is -2.31. The van der Waals surface area contributed by atoms with Crippen LogP contribution < -0.4 is 0 Å². The van der Waals surface area contributed by atoms with Crippen molar-refractivity contribution in [1.29, 1.82) is 0 Å². The lowest BCUT2D eigenvalue weighted by molar-refractivity contribution is -0.129. The predicted octanol–water partition coefficient (Wildman–Crippen LogP) is 2.79. The van der Waals surface area contributed by atoms with Crippen molar-refractivity contribution in [2.24, 2.45) is 16.7 Å². The third-order valence-corrected chi connectivity index (χ3v) is 2.53. The highest BCUT2D eigenvalue weighted by molar-refractivity contribution is 4.76. The molecule has 1 atom stereocenters. The molecule has 14 heavy (non-hydrogen) atoms. The average molecular weight is 202 g/mol. The molecule has 0 saturated heterocycles. The molecule has 0 aliphatic rings. The molecule has 0 spiro atoms. The van der Waals surface area contributed by atoms with Crippen LogP contribution in [0.15, 0.2) is 0 Å². The molecule has 0 fully saturated rings. The van der Waals surface area contributed by atoms with Crippen molar-refractivity contribution in [3.05, 3.63) is 0 Å². The van der Waals surface area contributed by atoms with E-state index < -0.39 is 11.7 Å². The minimum atomic E-state index is -1.22. The molecule has 0 radical (unpaired) electrons. The van der Waals surface area contributed by atoms with Gasteiger partial charge < -0.3 is 10.2 Å². The maximum Gasteiger partial charge on any atom is 0.156 e. The van der Waals surface area contributed by atoms with Crippen LogP contribution in [0.2, 0.25) is 0 Å². The number of aliphatic hydroxyl groups excluding tert-OH is 1. The standard InChI is InChI=1S/C12H26O2/c1-9(7-11(2,3)4)8-12(5,6)10(13)14/h9-10,13-14H,7-8H2,1-6H3. The summed E-state index contributed by atoms with van der Waals surface area (Å²) in [5, 5.41) is 18.4. The van der Waals surface area contributed by atoms with Gasteiger partial charge in [0.25, 0.3) is 0 Å². The summed E-state index contributed by atoms with van der Waals surface area (Å²) >= 11 is 0. The molecular weight excluding hydrogens is 176 g/mol. The Hall–Kier alpha value is -0.0800. The number of rotatable bonds is 4. The predicted molar refractivity (Wildman–Crippen MR) is 59.9 cm³/mol. The topological polar surface area (TPSA) is 40.5 Å². The minimum absolute atomic E-state index is 0.315. The second-order valence-electron chi connectivity index (χ2n) is 6.44. The molecule has 0 rings (SSSR count). The van der Waals surface area contributed by atoms with Crippen LogP contribution in [-0.4, -0.2) is 16.5 Å². The molecule has 0 saturated carbocycles. The fourth-order valence-electron chi connectivity index (χ4n) is 2.12. The number of aliphatic hydroxyl groups is 2. The Balaban J connectivity index is 4.12. The zero-order chi connectivity index (χ0) is 11.6. The fraction of sp³-hybridized carbons (Fsp3) is 1.00. The Morgan fingerprint density at radius 1 is 0.929 bits per heavy atom. The smallest absolute Gasteiger partial charge is 0.156 e. The molecular formula is C12H26O2. The molecule has 0 aliphatic heterocycles. The van der Waals surface area contributed by atoms with Gasteiger partial charge in [0.15, 0.2) is 6.29 Å². The van der Waals surface area contributed by atoms with Crippen LogP contribution in [0.4, 0.5) is 0 Å². The maximum atomic E-state index is 9.18. The second-order valence-corrected chi connectivity index (χ2v) is 6.44. The molecule has 0 heterocycles. The van der Waals surface area contributed by atoms with Gasteiger partial charge in [-0.2, -0.15) is 0 Å². The quantitative estimate of drug-likeness (QED) is 0.688. The van der Waals surface area contributed by atoms with Gasteiger partial charge in [0.1, 0.15) is 0 Å². The molecule has 2 heteroatoms. The SMILES string of the molecule is CC(CC(C)(C)C)CC(C)(C)C(O)O. The first kappa shape index (κ1) is 13.9. The Labute approximate surface area is 88.3 Å². The van der Waals surface area contributed by atoms with Gasteiger partial charge in [0.05, 0.1) is 0 Å². The van der Waals surface area contributed by atoms with Crippen LogP contribution in [0.25, 0.3) is 0 Å². The summed E-state index contributed by atoms with van der Waals surface area (Å²) in [4.78, 5) is 0. The summed E-state index contributed by atoms with van der Waals surface area (Å²) in [5.74, 6) is 0.520. The van der Waals surface area contributed by atoms with E-state index in [9.17, 15) is 10.2 Å². The van der Waals surface area contributed by atoms with E-state index in [1.54, 1.807) is 0 Å². The van der Waals surface area contributed by atoms with E-state index >= 15 is 0 Å². The van der Waals surface area contributed by atoms with Crippen molar-refractivity contribution < 1.29 is 10.2 Å². The largest absolute Gasteiger partial charge is 0.368 e. The van der Waals surface area contributed by atoms with Crippen molar-refractivity contribution in [1.82, 2.24) is 0 Å². The van der Waals surface area contributed by atoms with E-state index in [1.165, 1.54) is 0 Å². The zero-order valence-electron chi connectivity index (χ0n) is 10.5. The van der Waals surface area contributed by atoms with Gasteiger partial charge in [-0.15, -0.1) is 0 Å². The highest BCUT2D eigenvalue weighted by Crippen LogP contribution is 2.34. The lowest BCUT2D eigenvalue weighted by atomic mass is 9.76. The highest BCUT2D eigenvalue weighted by atomic mass is 16.5. The number of hydrogen-bond acceptors (Lipinski definition) is 2. The molecule has 0 aromatic heterocycles. The van der Waals surface area contributed by atoms with Crippen molar-refractivity contribution in [2.75, 3.05) is 0 Å². The van der Waals surface area contributed by atoms with Crippen LogP contribution >= 0.6 is 0 Å². The molecule has 2 N–H and O–H groups in total. The average Bonchev–Trinajstić information content (AvgIpc) is 1.79. The van der Waals surface area contributed by atoms with Gasteiger partial charge in [0, 0.05) is 5.41 Å². The lowest BCUT2D eigenvalue weighted by Gasteiger charge is -2.32. The first-order chi connectivity index (χ1) is 6.04. The van der Waals surface area contributed by atoms with Crippen LogP contribution in [0.3, 0.4) is 0 Å². The third-order valence-electron chi connectivity index (χ3n) is 2.53. The summed E-state index contributed by atoms with van der Waals surface area (Å²) in [7, 11) is 0.